The van der Waals surface area contributed by atoms with Gasteiger partial charge in [-0.25, -0.2) is 4.79 Å². The minimum absolute atomic E-state index is 0.131. The summed E-state index contributed by atoms with van der Waals surface area (Å²) in [6.07, 6.45) is 4.79. The van der Waals surface area contributed by atoms with Crippen LogP contribution in [0.4, 0.5) is 16.2 Å². The Kier molecular flexibility index (Phi) is 5.72. The zero-order chi connectivity index (χ0) is 18.6. The molecule has 6 heteroatoms. The fraction of sp³-hybridized carbons (Fsp3) is 0.667. The molecule has 3 aliphatic rings. The number of piperazine rings is 2. The summed E-state index contributed by atoms with van der Waals surface area (Å²) in [5, 5.41) is 3.21. The quantitative estimate of drug-likeness (QED) is 0.885. The molecule has 2 heterocycles. The Morgan fingerprint density at radius 2 is 1.30 bits per heavy atom. The highest BCUT2D eigenvalue weighted by atomic mass is 16.2. The molecule has 3 fully saturated rings. The van der Waals surface area contributed by atoms with Crippen LogP contribution >= 0.6 is 0 Å². The van der Waals surface area contributed by atoms with Crippen molar-refractivity contribution in [3.05, 3.63) is 24.3 Å². The minimum atomic E-state index is 0.131. The maximum Gasteiger partial charge on any atom is 0.317 e. The third-order valence-corrected chi connectivity index (χ3v) is 6.33. The number of amides is 2. The van der Waals surface area contributed by atoms with E-state index in [0.29, 0.717) is 6.04 Å². The van der Waals surface area contributed by atoms with Crippen molar-refractivity contribution in [1.82, 2.24) is 15.1 Å². The molecular weight excluding hydrogens is 338 g/mol. The minimum Gasteiger partial charge on any atom is -0.369 e. The number of nitrogens with zero attached hydrogens (tertiary/aromatic N) is 4. The molecule has 0 bridgehead atoms. The average Bonchev–Trinajstić information content (AvgIpc) is 3.22. The molecule has 6 nitrogen and oxygen atoms in total. The van der Waals surface area contributed by atoms with Crippen LogP contribution < -0.4 is 15.1 Å². The van der Waals surface area contributed by atoms with Crippen molar-refractivity contribution < 1.29 is 4.79 Å². The van der Waals surface area contributed by atoms with Crippen LogP contribution in [0, 0.1) is 0 Å². The SMILES string of the molecule is CN1CCN(c2ccc(N3CCN(C(=O)NC4CCCC4)CC3)cc2)CC1. The van der Waals surface area contributed by atoms with Crippen LogP contribution in [-0.4, -0.2) is 81.3 Å². The van der Waals surface area contributed by atoms with E-state index in [9.17, 15) is 4.79 Å². The van der Waals surface area contributed by atoms with E-state index >= 15 is 0 Å². The van der Waals surface area contributed by atoms with Crippen molar-refractivity contribution in [2.45, 2.75) is 31.7 Å². The highest BCUT2D eigenvalue weighted by Gasteiger charge is 2.24. The Morgan fingerprint density at radius 1 is 0.815 bits per heavy atom. The zero-order valence-corrected chi connectivity index (χ0v) is 16.6. The molecule has 0 spiro atoms. The number of benzene rings is 1. The molecular formula is C21H33N5O. The molecule has 4 rings (SSSR count). The lowest BCUT2D eigenvalue weighted by Crippen LogP contribution is -2.53. The molecule has 27 heavy (non-hydrogen) atoms. The largest absolute Gasteiger partial charge is 0.369 e. The van der Waals surface area contributed by atoms with E-state index < -0.39 is 0 Å². The van der Waals surface area contributed by atoms with Gasteiger partial charge in [0, 0.05) is 69.8 Å². The molecule has 1 N–H and O–H groups in total. The molecule has 1 aromatic carbocycles. The Morgan fingerprint density at radius 3 is 1.81 bits per heavy atom. The third kappa shape index (κ3) is 4.49. The lowest BCUT2D eigenvalue weighted by atomic mass is 10.2. The van der Waals surface area contributed by atoms with Crippen molar-refractivity contribution in [1.29, 1.82) is 0 Å². The summed E-state index contributed by atoms with van der Waals surface area (Å²) in [6, 6.07) is 9.51. The van der Waals surface area contributed by atoms with E-state index in [0.717, 1.165) is 65.2 Å². The molecule has 2 amide bonds. The molecule has 0 atom stereocenters. The first-order valence-corrected chi connectivity index (χ1v) is 10.5. The van der Waals surface area contributed by atoms with Gasteiger partial charge in [0.15, 0.2) is 0 Å². The van der Waals surface area contributed by atoms with E-state index in [-0.39, 0.29) is 6.03 Å². The highest BCUT2D eigenvalue weighted by Crippen LogP contribution is 2.23. The number of carbonyl (C=O) groups excluding carboxylic acids is 1. The summed E-state index contributed by atoms with van der Waals surface area (Å²) in [5.41, 5.74) is 2.59. The lowest BCUT2D eigenvalue weighted by molar-refractivity contribution is 0.190. The molecule has 2 aliphatic heterocycles. The molecule has 1 aliphatic carbocycles. The van der Waals surface area contributed by atoms with E-state index in [1.54, 1.807) is 0 Å². The van der Waals surface area contributed by atoms with Gasteiger partial charge in [-0.2, -0.15) is 0 Å². The Hall–Kier alpha value is -1.95. The second-order valence-corrected chi connectivity index (χ2v) is 8.21. The number of hydrogen-bond donors (Lipinski definition) is 1. The molecule has 148 valence electrons. The number of rotatable bonds is 3. The van der Waals surface area contributed by atoms with Gasteiger partial charge in [-0.3, -0.25) is 0 Å². The van der Waals surface area contributed by atoms with Gasteiger partial charge >= 0.3 is 6.03 Å². The molecule has 0 radical (unpaired) electrons. The van der Waals surface area contributed by atoms with Crippen molar-refractivity contribution in [3.63, 3.8) is 0 Å². The number of anilines is 2. The van der Waals surface area contributed by atoms with E-state index in [1.165, 1.54) is 24.2 Å². The van der Waals surface area contributed by atoms with Crippen molar-refractivity contribution >= 4 is 17.4 Å². The molecule has 2 saturated heterocycles. The van der Waals surface area contributed by atoms with Crippen LogP contribution in [0.5, 0.6) is 0 Å². The maximum absolute atomic E-state index is 12.4. The zero-order valence-electron chi connectivity index (χ0n) is 16.6. The van der Waals surface area contributed by atoms with Crippen LogP contribution in [-0.2, 0) is 0 Å². The van der Waals surface area contributed by atoms with E-state index in [4.69, 9.17) is 0 Å². The first-order valence-electron chi connectivity index (χ1n) is 10.5. The topological polar surface area (TPSA) is 42.1 Å². The number of likely N-dealkylation sites (N-methyl/N-ethyl adjacent to an activating group) is 1. The summed E-state index contributed by atoms with van der Waals surface area (Å²) in [6.45, 7) is 7.89. The van der Waals surface area contributed by atoms with Gasteiger partial charge in [0.05, 0.1) is 0 Å². The standard InChI is InChI=1S/C21H33N5O/c1-23-10-12-24(13-11-23)19-6-8-20(9-7-19)25-14-16-26(17-15-25)21(27)22-18-4-2-3-5-18/h6-9,18H,2-5,10-17H2,1H3,(H,22,27). The van der Waals surface area contributed by atoms with Gasteiger partial charge in [-0.15, -0.1) is 0 Å². The fourth-order valence-corrected chi connectivity index (χ4v) is 4.44. The summed E-state index contributed by atoms with van der Waals surface area (Å²) >= 11 is 0. The van der Waals surface area contributed by atoms with Crippen LogP contribution in [0.15, 0.2) is 24.3 Å². The second kappa shape index (κ2) is 8.38. The molecule has 1 aromatic rings. The predicted octanol–water partition coefficient (Wildman–Crippen LogP) is 2.21. The summed E-state index contributed by atoms with van der Waals surface area (Å²) < 4.78 is 0. The van der Waals surface area contributed by atoms with Gasteiger partial charge in [-0.1, -0.05) is 12.8 Å². The predicted molar refractivity (Wildman–Crippen MR) is 111 cm³/mol. The number of nitrogens with one attached hydrogen (secondary N) is 1. The van der Waals surface area contributed by atoms with Gasteiger partial charge < -0.3 is 24.9 Å². The maximum atomic E-state index is 12.4. The normalized spacial score (nSPS) is 22.3. The summed E-state index contributed by atoms with van der Waals surface area (Å²) in [5.74, 6) is 0. The molecule has 1 saturated carbocycles. The van der Waals surface area contributed by atoms with Crippen LogP contribution in [0.3, 0.4) is 0 Å². The van der Waals surface area contributed by atoms with Crippen LogP contribution in [0.25, 0.3) is 0 Å². The molecule has 0 aromatic heterocycles. The van der Waals surface area contributed by atoms with E-state index in [2.05, 4.69) is 51.3 Å². The summed E-state index contributed by atoms with van der Waals surface area (Å²) in [4.78, 5) is 21.7. The number of urea groups is 1. The number of hydrogen-bond acceptors (Lipinski definition) is 4. The Balaban J connectivity index is 1.27. The smallest absolute Gasteiger partial charge is 0.317 e. The fourth-order valence-electron chi connectivity index (χ4n) is 4.44. The Bertz CT molecular complexity index is 612. The third-order valence-electron chi connectivity index (χ3n) is 6.33. The highest BCUT2D eigenvalue weighted by molar-refractivity contribution is 5.75. The van der Waals surface area contributed by atoms with Gasteiger partial charge in [-0.05, 0) is 44.2 Å². The average molecular weight is 372 g/mol. The van der Waals surface area contributed by atoms with E-state index in [1.807, 2.05) is 4.90 Å². The van der Waals surface area contributed by atoms with Crippen molar-refractivity contribution in [2.24, 2.45) is 0 Å². The first kappa shape index (κ1) is 18.4. The van der Waals surface area contributed by atoms with Gasteiger partial charge in [0.25, 0.3) is 0 Å². The van der Waals surface area contributed by atoms with Gasteiger partial charge in [0.1, 0.15) is 0 Å². The Labute approximate surface area is 163 Å². The first-order chi connectivity index (χ1) is 13.2. The van der Waals surface area contributed by atoms with Crippen molar-refractivity contribution in [2.75, 3.05) is 69.2 Å². The summed E-state index contributed by atoms with van der Waals surface area (Å²) in [7, 11) is 2.19. The lowest BCUT2D eigenvalue weighted by Gasteiger charge is -2.37. The van der Waals surface area contributed by atoms with Gasteiger partial charge in [0.2, 0.25) is 0 Å². The molecule has 0 unspecified atom stereocenters. The number of carbonyl (C=O) groups is 1. The van der Waals surface area contributed by atoms with Crippen LogP contribution in [0.2, 0.25) is 0 Å². The monoisotopic (exact) mass is 371 g/mol. The van der Waals surface area contributed by atoms with Crippen molar-refractivity contribution in [3.8, 4) is 0 Å². The van der Waals surface area contributed by atoms with Crippen LogP contribution in [0.1, 0.15) is 25.7 Å². The second-order valence-electron chi connectivity index (χ2n) is 8.21.